The summed E-state index contributed by atoms with van der Waals surface area (Å²) >= 11 is 2.87. The van der Waals surface area contributed by atoms with Crippen molar-refractivity contribution in [2.24, 2.45) is 0 Å². The molecule has 0 saturated carbocycles. The Morgan fingerprint density at radius 3 is 2.45 bits per heavy atom. The predicted octanol–water partition coefficient (Wildman–Crippen LogP) is 7.50. The summed E-state index contributed by atoms with van der Waals surface area (Å²) in [6.07, 6.45) is -0.214. The lowest BCUT2D eigenvalue weighted by molar-refractivity contribution is -0.142. The number of amides is 2. The lowest BCUT2D eigenvalue weighted by Gasteiger charge is -2.31. The van der Waals surface area contributed by atoms with Crippen LogP contribution in [0.15, 0.2) is 35.7 Å². The molecule has 0 radical (unpaired) electrons. The number of alkyl halides is 3. The average molecular weight is 712 g/mol. The van der Waals surface area contributed by atoms with E-state index in [1.54, 1.807) is 10.3 Å². The summed E-state index contributed by atoms with van der Waals surface area (Å²) in [6.45, 7) is 10.3. The molecule has 2 amide bonds. The molecule has 4 aromatic rings. The van der Waals surface area contributed by atoms with Crippen LogP contribution in [0.3, 0.4) is 0 Å². The summed E-state index contributed by atoms with van der Waals surface area (Å²) in [6, 6.07) is 11.3. The van der Waals surface area contributed by atoms with Gasteiger partial charge >= 0.3 is 6.18 Å². The molecule has 14 heteroatoms. The van der Waals surface area contributed by atoms with Gasteiger partial charge in [-0.05, 0) is 74.7 Å². The van der Waals surface area contributed by atoms with Crippen molar-refractivity contribution in [2.45, 2.75) is 96.8 Å². The maximum Gasteiger partial charge on any atom is 0.435 e. The highest BCUT2D eigenvalue weighted by molar-refractivity contribution is 7.12. The first kappa shape index (κ1) is 36.2. The molecule has 0 bridgehead atoms. The lowest BCUT2D eigenvalue weighted by atomic mass is 9.87. The average Bonchev–Trinajstić information content (AvgIpc) is 3.80. The monoisotopic (exact) mass is 711 g/mol. The fourth-order valence-corrected chi connectivity index (χ4v) is 8.09. The van der Waals surface area contributed by atoms with Gasteiger partial charge in [-0.1, -0.05) is 45.0 Å². The fourth-order valence-electron chi connectivity index (χ4n) is 6.20. The summed E-state index contributed by atoms with van der Waals surface area (Å²) < 4.78 is 44.1. The Morgan fingerprint density at radius 1 is 1.10 bits per heavy atom. The molecule has 49 heavy (non-hydrogen) atoms. The van der Waals surface area contributed by atoms with E-state index < -0.39 is 11.9 Å². The van der Waals surface area contributed by atoms with Crippen LogP contribution in [-0.2, 0) is 29.4 Å². The van der Waals surface area contributed by atoms with Crippen molar-refractivity contribution in [2.75, 3.05) is 13.1 Å². The van der Waals surface area contributed by atoms with Crippen LogP contribution in [0.4, 0.5) is 13.2 Å². The number of thiazole rings is 1. The highest BCUT2D eigenvalue weighted by atomic mass is 32.1. The third-order valence-electron chi connectivity index (χ3n) is 8.86. The zero-order valence-corrected chi connectivity index (χ0v) is 29.9. The van der Waals surface area contributed by atoms with Gasteiger partial charge in [0.2, 0.25) is 5.91 Å². The summed E-state index contributed by atoms with van der Waals surface area (Å²) in [5.74, 6) is -0.290. The normalized spacial score (nSPS) is 16.7. The molecule has 1 saturated heterocycles. The molecule has 2 aliphatic rings. The SMILES string of the molecule is CC(C)(C)c1nscc1C#N.Cc1sc(C2CCN(C(=O)Cn3nc(C(F)(F)F)cc3C)CC2)nc1C(=O)NC1CCCc2ccccc21. The number of aromatic nitrogens is 4. The quantitative estimate of drug-likeness (QED) is 0.229. The van der Waals surface area contributed by atoms with E-state index in [0.717, 1.165) is 45.6 Å². The van der Waals surface area contributed by atoms with Gasteiger partial charge in [-0.25, -0.2) is 4.98 Å². The Labute approximate surface area is 292 Å². The minimum Gasteiger partial charge on any atom is -0.344 e. The van der Waals surface area contributed by atoms with Crippen molar-refractivity contribution in [3.63, 3.8) is 0 Å². The number of hydrogen-bond donors (Lipinski definition) is 1. The number of piperidine rings is 1. The minimum atomic E-state index is -4.54. The van der Waals surface area contributed by atoms with Crippen LogP contribution in [0.25, 0.3) is 0 Å². The Hall–Kier alpha value is -4.09. The standard InChI is InChI=1S/C27H30F3N5O2S.C8H10N2S/c1-16-14-22(27(28,29)30)33-35(16)15-23(36)34-12-10-19(11-13-34)26-32-24(17(2)38-26)25(37)31-21-9-5-7-18-6-3-4-8-20(18)21;1-8(2,3)7-6(4-9)5-11-10-7/h3-4,6,8,14,19,21H,5,7,9-13,15H2,1-2H3,(H,31,37);5H,1-3H3. The fraction of sp³-hybridized carbons (Fsp3) is 0.486. The van der Waals surface area contributed by atoms with Crippen molar-refractivity contribution in [3.05, 3.63) is 85.1 Å². The predicted molar refractivity (Wildman–Crippen MR) is 182 cm³/mol. The number of hydrogen-bond acceptors (Lipinski definition) is 8. The number of nitriles is 1. The zero-order valence-electron chi connectivity index (χ0n) is 28.2. The Morgan fingerprint density at radius 2 is 1.82 bits per heavy atom. The maximum atomic E-state index is 13.1. The molecule has 1 aliphatic heterocycles. The van der Waals surface area contributed by atoms with E-state index in [0.29, 0.717) is 42.9 Å². The van der Waals surface area contributed by atoms with E-state index in [4.69, 9.17) is 10.2 Å². The van der Waals surface area contributed by atoms with Crippen molar-refractivity contribution in [1.82, 2.24) is 29.4 Å². The zero-order chi connectivity index (χ0) is 35.5. The number of aryl methyl sites for hydroxylation is 3. The molecule has 1 unspecified atom stereocenters. The van der Waals surface area contributed by atoms with E-state index >= 15 is 0 Å². The van der Waals surface area contributed by atoms with Crippen LogP contribution >= 0.6 is 22.9 Å². The first-order valence-corrected chi connectivity index (χ1v) is 17.9. The first-order valence-electron chi connectivity index (χ1n) is 16.3. The molecular weight excluding hydrogens is 672 g/mol. The number of likely N-dealkylation sites (tertiary alicyclic amines) is 1. The lowest BCUT2D eigenvalue weighted by Crippen LogP contribution is -2.40. The number of nitrogens with one attached hydrogen (secondary N) is 1. The van der Waals surface area contributed by atoms with E-state index in [1.165, 1.54) is 40.9 Å². The molecule has 1 aromatic carbocycles. The summed E-state index contributed by atoms with van der Waals surface area (Å²) in [5, 5.41) is 18.1. The summed E-state index contributed by atoms with van der Waals surface area (Å²) in [4.78, 5) is 33.2. The summed E-state index contributed by atoms with van der Waals surface area (Å²) in [7, 11) is 0. The molecule has 1 atom stereocenters. The first-order chi connectivity index (χ1) is 23.2. The number of carbonyl (C=O) groups is 2. The second kappa shape index (κ2) is 14.8. The van der Waals surface area contributed by atoms with Crippen molar-refractivity contribution in [3.8, 4) is 6.07 Å². The van der Waals surface area contributed by atoms with Gasteiger partial charge in [0.05, 0.1) is 22.3 Å². The van der Waals surface area contributed by atoms with Crippen LogP contribution in [0.2, 0.25) is 0 Å². The van der Waals surface area contributed by atoms with Gasteiger partial charge in [0, 0.05) is 40.4 Å². The Bertz CT molecular complexity index is 1840. The molecular formula is C35H40F3N7O2S2. The van der Waals surface area contributed by atoms with Gasteiger partial charge in [-0.3, -0.25) is 14.3 Å². The van der Waals surface area contributed by atoms with Crippen LogP contribution in [-0.4, -0.2) is 48.9 Å². The number of fused-ring (bicyclic) bond motifs is 1. The van der Waals surface area contributed by atoms with Crippen molar-refractivity contribution < 1.29 is 22.8 Å². The molecule has 1 N–H and O–H groups in total. The number of rotatable bonds is 5. The third-order valence-corrected chi connectivity index (χ3v) is 10.6. The highest BCUT2D eigenvalue weighted by Gasteiger charge is 2.35. The molecule has 1 aliphatic carbocycles. The largest absolute Gasteiger partial charge is 0.435 e. The topological polar surface area (TPSA) is 117 Å². The van der Waals surface area contributed by atoms with Crippen LogP contribution in [0.5, 0.6) is 0 Å². The van der Waals surface area contributed by atoms with Gasteiger partial charge in [0.1, 0.15) is 18.3 Å². The molecule has 3 aromatic heterocycles. The second-order valence-electron chi connectivity index (χ2n) is 13.5. The van der Waals surface area contributed by atoms with Gasteiger partial charge in [-0.15, -0.1) is 11.3 Å². The van der Waals surface area contributed by atoms with Crippen LogP contribution in [0, 0.1) is 25.2 Å². The number of benzene rings is 1. The molecule has 6 rings (SSSR count). The van der Waals surface area contributed by atoms with Gasteiger partial charge < -0.3 is 10.2 Å². The Balaban J connectivity index is 0.000000363. The number of halogens is 3. The molecule has 4 heterocycles. The molecule has 9 nitrogen and oxygen atoms in total. The van der Waals surface area contributed by atoms with Crippen LogP contribution < -0.4 is 5.32 Å². The Kier molecular flexibility index (Phi) is 10.9. The van der Waals surface area contributed by atoms with E-state index in [-0.39, 0.29) is 35.7 Å². The van der Waals surface area contributed by atoms with Gasteiger partial charge in [0.25, 0.3) is 5.91 Å². The number of carbonyl (C=O) groups excluding carboxylic acids is 2. The maximum absolute atomic E-state index is 13.1. The van der Waals surface area contributed by atoms with Crippen molar-refractivity contribution in [1.29, 1.82) is 5.26 Å². The van der Waals surface area contributed by atoms with Gasteiger partial charge in [0.15, 0.2) is 5.69 Å². The second-order valence-corrected chi connectivity index (χ2v) is 15.4. The van der Waals surface area contributed by atoms with E-state index in [2.05, 4.69) is 53.8 Å². The van der Waals surface area contributed by atoms with Gasteiger partial charge in [-0.2, -0.15) is 27.9 Å². The number of nitrogens with zero attached hydrogens (tertiary/aromatic N) is 6. The smallest absolute Gasteiger partial charge is 0.344 e. The summed E-state index contributed by atoms with van der Waals surface area (Å²) in [5.41, 5.74) is 3.83. The van der Waals surface area contributed by atoms with Crippen LogP contribution in [0.1, 0.15) is 113 Å². The van der Waals surface area contributed by atoms with E-state index in [9.17, 15) is 22.8 Å². The molecule has 0 spiro atoms. The molecule has 260 valence electrons. The highest BCUT2D eigenvalue weighted by Crippen LogP contribution is 2.34. The van der Waals surface area contributed by atoms with E-state index in [1.807, 2.05) is 19.1 Å². The molecule has 1 fully saturated rings. The van der Waals surface area contributed by atoms with Crippen molar-refractivity contribution >= 4 is 34.7 Å². The third kappa shape index (κ3) is 8.56. The minimum absolute atomic E-state index is 0.00887.